The lowest BCUT2D eigenvalue weighted by molar-refractivity contribution is 0.0774. The first-order valence-electron chi connectivity index (χ1n) is 7.00. The molecule has 5 heteroatoms. The molecule has 2 atom stereocenters. The first-order chi connectivity index (χ1) is 10.0. The van der Waals surface area contributed by atoms with Crippen LogP contribution in [0.1, 0.15) is 41.1 Å². The molecule has 2 aromatic heterocycles. The van der Waals surface area contributed by atoms with Crippen molar-refractivity contribution in [2.24, 2.45) is 5.92 Å². The van der Waals surface area contributed by atoms with Crippen molar-refractivity contribution in [3.8, 4) is 0 Å². The van der Waals surface area contributed by atoms with Crippen LogP contribution in [0.3, 0.4) is 0 Å². The summed E-state index contributed by atoms with van der Waals surface area (Å²) in [6.07, 6.45) is 2.82. The third-order valence-electron chi connectivity index (χ3n) is 3.87. The monoisotopic (exact) mass is 348 g/mol. The molecule has 1 amide bonds. The van der Waals surface area contributed by atoms with Crippen LogP contribution in [0, 0.1) is 5.92 Å². The Morgan fingerprint density at radius 3 is 2.90 bits per heavy atom. The fourth-order valence-electron chi connectivity index (χ4n) is 2.46. The summed E-state index contributed by atoms with van der Waals surface area (Å²) in [5.74, 6) is 3.11. The zero-order valence-electron chi connectivity index (χ0n) is 12.0. The number of pyridine rings is 1. The number of carbonyl (C=O) groups excluding carboxylic acids is 1. The number of amides is 1. The molecule has 0 aliphatic heterocycles. The molecule has 0 spiro atoms. The second-order valence-corrected chi connectivity index (χ2v) is 6.46. The van der Waals surface area contributed by atoms with Crippen LogP contribution in [-0.2, 0) is 6.54 Å². The Morgan fingerprint density at radius 2 is 2.24 bits per heavy atom. The number of furan rings is 1. The highest BCUT2D eigenvalue weighted by atomic mass is 79.9. The standard InChI is InChI=1S/C16H17BrN2O2/c1-10-7-13(10)14-4-3-12(21-14)9-19(2)16(20)11-5-6-18-15(17)8-11/h3-6,8,10,13H,7,9H2,1-2H3. The Morgan fingerprint density at radius 1 is 1.48 bits per heavy atom. The third kappa shape index (κ3) is 3.18. The highest BCUT2D eigenvalue weighted by Gasteiger charge is 2.36. The average molecular weight is 349 g/mol. The Balaban J connectivity index is 1.66. The second-order valence-electron chi connectivity index (χ2n) is 5.65. The van der Waals surface area contributed by atoms with Crippen LogP contribution in [0.25, 0.3) is 0 Å². The molecule has 1 aliphatic carbocycles. The smallest absolute Gasteiger partial charge is 0.254 e. The molecule has 0 saturated heterocycles. The molecule has 4 nitrogen and oxygen atoms in total. The van der Waals surface area contributed by atoms with Gasteiger partial charge in [0.25, 0.3) is 5.91 Å². The Bertz CT molecular complexity index is 668. The normalized spacial score (nSPS) is 20.3. The van der Waals surface area contributed by atoms with Crippen LogP contribution in [0.4, 0.5) is 0 Å². The molecular formula is C16H17BrN2O2. The zero-order chi connectivity index (χ0) is 15.0. The lowest BCUT2D eigenvalue weighted by Gasteiger charge is -2.15. The third-order valence-corrected chi connectivity index (χ3v) is 4.30. The maximum absolute atomic E-state index is 12.3. The van der Waals surface area contributed by atoms with Gasteiger partial charge in [-0.2, -0.15) is 0 Å². The van der Waals surface area contributed by atoms with Gasteiger partial charge in [-0.1, -0.05) is 6.92 Å². The Labute approximate surface area is 132 Å². The molecular weight excluding hydrogens is 332 g/mol. The van der Waals surface area contributed by atoms with Crippen LogP contribution in [0.15, 0.2) is 39.5 Å². The van der Waals surface area contributed by atoms with Crippen molar-refractivity contribution in [3.63, 3.8) is 0 Å². The number of rotatable bonds is 4. The summed E-state index contributed by atoms with van der Waals surface area (Å²) in [4.78, 5) is 18.0. The lowest BCUT2D eigenvalue weighted by Crippen LogP contribution is -2.26. The van der Waals surface area contributed by atoms with Crippen molar-refractivity contribution in [1.29, 1.82) is 0 Å². The van der Waals surface area contributed by atoms with E-state index < -0.39 is 0 Å². The number of hydrogen-bond donors (Lipinski definition) is 0. The Kier molecular flexibility index (Phi) is 3.85. The van der Waals surface area contributed by atoms with E-state index in [2.05, 4.69) is 27.8 Å². The molecule has 1 aliphatic rings. The highest BCUT2D eigenvalue weighted by molar-refractivity contribution is 9.10. The van der Waals surface area contributed by atoms with Gasteiger partial charge in [-0.05, 0) is 52.5 Å². The number of nitrogens with zero attached hydrogens (tertiary/aromatic N) is 2. The maximum Gasteiger partial charge on any atom is 0.254 e. The summed E-state index contributed by atoms with van der Waals surface area (Å²) in [6, 6.07) is 7.43. The van der Waals surface area contributed by atoms with Crippen molar-refractivity contribution in [2.75, 3.05) is 7.05 Å². The number of hydrogen-bond acceptors (Lipinski definition) is 3. The van der Waals surface area contributed by atoms with Gasteiger partial charge in [0, 0.05) is 24.7 Å². The minimum Gasteiger partial charge on any atom is -0.464 e. The topological polar surface area (TPSA) is 46.3 Å². The van der Waals surface area contributed by atoms with E-state index in [1.54, 1.807) is 30.3 Å². The van der Waals surface area contributed by atoms with Gasteiger partial charge in [-0.3, -0.25) is 4.79 Å². The zero-order valence-corrected chi connectivity index (χ0v) is 13.6. The van der Waals surface area contributed by atoms with E-state index in [1.807, 2.05) is 12.1 Å². The molecule has 0 aromatic carbocycles. The predicted octanol–water partition coefficient (Wildman–Crippen LogP) is 3.83. The molecule has 2 heterocycles. The second kappa shape index (κ2) is 5.64. The van der Waals surface area contributed by atoms with Gasteiger partial charge in [0.15, 0.2) is 0 Å². The van der Waals surface area contributed by atoms with Crippen molar-refractivity contribution in [1.82, 2.24) is 9.88 Å². The van der Waals surface area contributed by atoms with E-state index in [9.17, 15) is 4.79 Å². The first kappa shape index (κ1) is 14.3. The fraction of sp³-hybridized carbons (Fsp3) is 0.375. The van der Waals surface area contributed by atoms with Crippen LogP contribution < -0.4 is 0 Å². The first-order valence-corrected chi connectivity index (χ1v) is 7.79. The van der Waals surface area contributed by atoms with Crippen molar-refractivity contribution in [3.05, 3.63) is 52.1 Å². The summed E-state index contributed by atoms with van der Waals surface area (Å²) < 4.78 is 6.50. The molecule has 1 fully saturated rings. The number of aromatic nitrogens is 1. The van der Waals surface area contributed by atoms with E-state index in [1.165, 1.54) is 6.42 Å². The molecule has 0 radical (unpaired) electrons. The van der Waals surface area contributed by atoms with Crippen LogP contribution in [0.2, 0.25) is 0 Å². The van der Waals surface area contributed by atoms with Crippen LogP contribution >= 0.6 is 15.9 Å². The van der Waals surface area contributed by atoms with Gasteiger partial charge in [0.1, 0.15) is 16.1 Å². The van der Waals surface area contributed by atoms with Crippen molar-refractivity contribution >= 4 is 21.8 Å². The van der Waals surface area contributed by atoms with Crippen molar-refractivity contribution in [2.45, 2.75) is 25.8 Å². The largest absolute Gasteiger partial charge is 0.464 e. The number of halogens is 1. The summed E-state index contributed by atoms with van der Waals surface area (Å²) in [7, 11) is 1.78. The summed E-state index contributed by atoms with van der Waals surface area (Å²) in [5.41, 5.74) is 0.613. The maximum atomic E-state index is 12.3. The lowest BCUT2D eigenvalue weighted by atomic mass is 10.2. The van der Waals surface area contributed by atoms with E-state index in [0.717, 1.165) is 17.4 Å². The highest BCUT2D eigenvalue weighted by Crippen LogP contribution is 2.47. The minimum absolute atomic E-state index is 0.0455. The van der Waals surface area contributed by atoms with E-state index >= 15 is 0 Å². The van der Waals surface area contributed by atoms with E-state index in [0.29, 0.717) is 22.6 Å². The van der Waals surface area contributed by atoms with E-state index in [-0.39, 0.29) is 5.91 Å². The Hall–Kier alpha value is -1.62. The SMILES string of the molecule is CC1CC1c1ccc(CN(C)C(=O)c2ccnc(Br)c2)o1. The molecule has 3 rings (SSSR count). The van der Waals surface area contributed by atoms with Crippen LogP contribution in [0.5, 0.6) is 0 Å². The number of carbonyl (C=O) groups is 1. The average Bonchev–Trinajstić information content (AvgIpc) is 3.01. The molecule has 0 bridgehead atoms. The van der Waals surface area contributed by atoms with Gasteiger partial charge in [-0.15, -0.1) is 0 Å². The molecule has 1 saturated carbocycles. The van der Waals surface area contributed by atoms with Gasteiger partial charge in [-0.25, -0.2) is 4.98 Å². The van der Waals surface area contributed by atoms with Crippen molar-refractivity contribution < 1.29 is 9.21 Å². The molecule has 110 valence electrons. The van der Waals surface area contributed by atoms with Gasteiger partial charge in [0.2, 0.25) is 0 Å². The minimum atomic E-state index is -0.0455. The van der Waals surface area contributed by atoms with Gasteiger partial charge >= 0.3 is 0 Å². The summed E-state index contributed by atoms with van der Waals surface area (Å²) in [5, 5.41) is 0. The molecule has 2 aromatic rings. The summed E-state index contributed by atoms with van der Waals surface area (Å²) in [6.45, 7) is 2.70. The van der Waals surface area contributed by atoms with Gasteiger partial charge in [0.05, 0.1) is 6.54 Å². The van der Waals surface area contributed by atoms with E-state index in [4.69, 9.17) is 4.42 Å². The predicted molar refractivity (Wildman–Crippen MR) is 83.0 cm³/mol. The van der Waals surface area contributed by atoms with Gasteiger partial charge < -0.3 is 9.32 Å². The van der Waals surface area contributed by atoms with Crippen LogP contribution in [-0.4, -0.2) is 22.8 Å². The molecule has 0 N–H and O–H groups in total. The fourth-order valence-corrected chi connectivity index (χ4v) is 2.82. The molecule has 21 heavy (non-hydrogen) atoms. The summed E-state index contributed by atoms with van der Waals surface area (Å²) >= 11 is 3.28. The quantitative estimate of drug-likeness (QED) is 0.788. The molecule has 2 unspecified atom stereocenters.